The molecule has 1 aromatic heterocycles. The van der Waals surface area contributed by atoms with Crippen LogP contribution in [0.3, 0.4) is 0 Å². The zero-order chi connectivity index (χ0) is 12.4. The molecule has 1 aliphatic carbocycles. The molecule has 1 N–H and O–H groups in total. The Balaban J connectivity index is 1.61. The molecule has 2 fully saturated rings. The minimum Gasteiger partial charge on any atom is -0.360 e. The number of anilines is 1. The standard InChI is InChI=1S/C13H22N4S/c1-2-14-13-16-15-12(18-13)9-17-8-7-10-5-3-4-6-11(10)17/h10-11H,2-9H2,1H3,(H,14,16). The Morgan fingerprint density at radius 2 is 2.17 bits per heavy atom. The highest BCUT2D eigenvalue weighted by Gasteiger charge is 2.35. The van der Waals surface area contributed by atoms with Gasteiger partial charge in [-0.2, -0.15) is 0 Å². The maximum atomic E-state index is 4.30. The number of rotatable bonds is 4. The Morgan fingerprint density at radius 1 is 1.28 bits per heavy atom. The fourth-order valence-electron chi connectivity index (χ4n) is 3.41. The van der Waals surface area contributed by atoms with E-state index in [1.165, 1.54) is 38.6 Å². The summed E-state index contributed by atoms with van der Waals surface area (Å²) in [6.45, 7) is 5.27. The largest absolute Gasteiger partial charge is 0.360 e. The van der Waals surface area contributed by atoms with E-state index in [2.05, 4.69) is 27.3 Å². The fraction of sp³-hybridized carbons (Fsp3) is 0.846. The highest BCUT2D eigenvalue weighted by atomic mass is 32.1. The third-order valence-corrected chi connectivity index (χ3v) is 5.12. The second-order valence-corrected chi connectivity index (χ2v) is 6.46. The monoisotopic (exact) mass is 266 g/mol. The van der Waals surface area contributed by atoms with E-state index in [9.17, 15) is 0 Å². The molecule has 2 unspecified atom stereocenters. The van der Waals surface area contributed by atoms with Gasteiger partial charge in [0.15, 0.2) is 0 Å². The number of hydrogen-bond acceptors (Lipinski definition) is 5. The lowest BCUT2D eigenvalue weighted by Gasteiger charge is -2.31. The predicted octanol–water partition coefficient (Wildman–Crippen LogP) is 2.73. The van der Waals surface area contributed by atoms with Gasteiger partial charge in [0.25, 0.3) is 0 Å². The van der Waals surface area contributed by atoms with Crippen molar-refractivity contribution in [2.45, 2.75) is 51.6 Å². The van der Waals surface area contributed by atoms with Crippen molar-refractivity contribution >= 4 is 16.5 Å². The molecule has 2 heterocycles. The highest BCUT2D eigenvalue weighted by Crippen LogP contribution is 2.37. The van der Waals surface area contributed by atoms with Crippen molar-refractivity contribution in [1.82, 2.24) is 15.1 Å². The number of hydrogen-bond donors (Lipinski definition) is 1. The molecule has 1 saturated heterocycles. The maximum absolute atomic E-state index is 4.30. The Morgan fingerprint density at radius 3 is 3.06 bits per heavy atom. The van der Waals surface area contributed by atoms with E-state index in [4.69, 9.17) is 0 Å². The Hall–Kier alpha value is -0.680. The summed E-state index contributed by atoms with van der Waals surface area (Å²) in [5.41, 5.74) is 0. The van der Waals surface area contributed by atoms with Gasteiger partial charge < -0.3 is 5.32 Å². The van der Waals surface area contributed by atoms with E-state index in [0.717, 1.165) is 35.2 Å². The van der Waals surface area contributed by atoms with Gasteiger partial charge in [-0.15, -0.1) is 10.2 Å². The minimum absolute atomic E-state index is 0.824. The van der Waals surface area contributed by atoms with Crippen LogP contribution in [0.1, 0.15) is 44.0 Å². The van der Waals surface area contributed by atoms with Gasteiger partial charge in [0.1, 0.15) is 5.01 Å². The van der Waals surface area contributed by atoms with Gasteiger partial charge in [-0.05, 0) is 38.6 Å². The quantitative estimate of drug-likeness (QED) is 0.910. The molecule has 100 valence electrons. The van der Waals surface area contributed by atoms with Crippen LogP contribution in [-0.2, 0) is 6.54 Å². The van der Waals surface area contributed by atoms with Gasteiger partial charge in [0.05, 0.1) is 6.54 Å². The van der Waals surface area contributed by atoms with Crippen LogP contribution >= 0.6 is 11.3 Å². The van der Waals surface area contributed by atoms with Crippen LogP contribution in [0, 0.1) is 5.92 Å². The Kier molecular flexibility index (Phi) is 3.80. The molecule has 0 aromatic carbocycles. The average molecular weight is 266 g/mol. The minimum atomic E-state index is 0.824. The average Bonchev–Trinajstić information content (AvgIpc) is 2.99. The highest BCUT2D eigenvalue weighted by molar-refractivity contribution is 7.15. The van der Waals surface area contributed by atoms with Crippen molar-refractivity contribution in [3.63, 3.8) is 0 Å². The van der Waals surface area contributed by atoms with Gasteiger partial charge in [-0.3, -0.25) is 4.90 Å². The molecule has 2 aliphatic rings. The van der Waals surface area contributed by atoms with E-state index in [-0.39, 0.29) is 0 Å². The lowest BCUT2D eigenvalue weighted by molar-refractivity contribution is 0.175. The van der Waals surface area contributed by atoms with Crippen molar-refractivity contribution < 1.29 is 0 Å². The second kappa shape index (κ2) is 5.53. The van der Waals surface area contributed by atoms with Crippen LogP contribution < -0.4 is 5.32 Å². The Bertz CT molecular complexity index is 392. The van der Waals surface area contributed by atoms with Crippen LogP contribution in [0.25, 0.3) is 0 Å². The van der Waals surface area contributed by atoms with E-state index < -0.39 is 0 Å². The van der Waals surface area contributed by atoms with Gasteiger partial charge in [-0.25, -0.2) is 0 Å². The van der Waals surface area contributed by atoms with E-state index in [0.29, 0.717) is 0 Å². The zero-order valence-corrected chi connectivity index (χ0v) is 11.9. The zero-order valence-electron chi connectivity index (χ0n) is 11.1. The molecule has 2 atom stereocenters. The van der Waals surface area contributed by atoms with Crippen molar-refractivity contribution in [3.05, 3.63) is 5.01 Å². The van der Waals surface area contributed by atoms with Crippen molar-refractivity contribution in [3.8, 4) is 0 Å². The van der Waals surface area contributed by atoms with Gasteiger partial charge >= 0.3 is 0 Å². The van der Waals surface area contributed by atoms with Crippen molar-refractivity contribution in [1.29, 1.82) is 0 Å². The molecule has 1 saturated carbocycles. The molecule has 5 heteroatoms. The molecule has 4 nitrogen and oxygen atoms in total. The summed E-state index contributed by atoms with van der Waals surface area (Å²) < 4.78 is 0. The number of nitrogens with one attached hydrogen (secondary N) is 1. The number of fused-ring (bicyclic) bond motifs is 1. The smallest absolute Gasteiger partial charge is 0.205 e. The van der Waals surface area contributed by atoms with Gasteiger partial charge in [0, 0.05) is 12.6 Å². The summed E-state index contributed by atoms with van der Waals surface area (Å²) in [5.74, 6) is 0.958. The normalized spacial score (nSPS) is 28.3. The predicted molar refractivity (Wildman–Crippen MR) is 74.8 cm³/mol. The fourth-order valence-corrected chi connectivity index (χ4v) is 4.25. The lowest BCUT2D eigenvalue weighted by atomic mass is 9.85. The number of aromatic nitrogens is 2. The number of likely N-dealkylation sites (tertiary alicyclic amines) is 1. The van der Waals surface area contributed by atoms with Crippen LogP contribution in [-0.4, -0.2) is 34.2 Å². The molecule has 0 amide bonds. The molecule has 0 radical (unpaired) electrons. The summed E-state index contributed by atoms with van der Waals surface area (Å²) in [6.07, 6.45) is 7.09. The molecule has 1 aliphatic heterocycles. The Labute approximate surface area is 113 Å². The topological polar surface area (TPSA) is 41.1 Å². The third kappa shape index (κ3) is 2.52. The number of nitrogens with zero attached hydrogens (tertiary/aromatic N) is 3. The third-order valence-electron chi connectivity index (χ3n) is 4.26. The van der Waals surface area contributed by atoms with Crippen LogP contribution in [0.5, 0.6) is 0 Å². The van der Waals surface area contributed by atoms with Gasteiger partial charge in [0.2, 0.25) is 5.13 Å². The van der Waals surface area contributed by atoms with Crippen LogP contribution in [0.15, 0.2) is 0 Å². The summed E-state index contributed by atoms with van der Waals surface area (Å²) in [6, 6.07) is 0.824. The molecule has 1 aromatic rings. The van der Waals surface area contributed by atoms with E-state index in [1.807, 2.05) is 0 Å². The molecule has 0 bridgehead atoms. The molecular formula is C13H22N4S. The first-order chi connectivity index (χ1) is 8.86. The first-order valence-corrected chi connectivity index (χ1v) is 7.98. The molecule has 18 heavy (non-hydrogen) atoms. The van der Waals surface area contributed by atoms with E-state index >= 15 is 0 Å². The van der Waals surface area contributed by atoms with Crippen molar-refractivity contribution in [2.24, 2.45) is 5.92 Å². The maximum Gasteiger partial charge on any atom is 0.205 e. The SMILES string of the molecule is CCNc1nnc(CN2CCC3CCCCC32)s1. The summed E-state index contributed by atoms with van der Waals surface area (Å²) in [5, 5.41) is 13.8. The molecule has 0 spiro atoms. The summed E-state index contributed by atoms with van der Waals surface area (Å²) in [7, 11) is 0. The summed E-state index contributed by atoms with van der Waals surface area (Å²) in [4.78, 5) is 2.64. The van der Waals surface area contributed by atoms with E-state index in [1.54, 1.807) is 11.3 Å². The molecule has 3 rings (SSSR count). The van der Waals surface area contributed by atoms with Gasteiger partial charge in [-0.1, -0.05) is 24.2 Å². The molecular weight excluding hydrogens is 244 g/mol. The lowest BCUT2D eigenvalue weighted by Crippen LogP contribution is -2.34. The van der Waals surface area contributed by atoms with Crippen molar-refractivity contribution in [2.75, 3.05) is 18.4 Å². The van der Waals surface area contributed by atoms with Crippen LogP contribution in [0.2, 0.25) is 0 Å². The summed E-state index contributed by atoms with van der Waals surface area (Å²) >= 11 is 1.71. The second-order valence-electron chi connectivity index (χ2n) is 5.40. The first-order valence-electron chi connectivity index (χ1n) is 7.17. The van der Waals surface area contributed by atoms with Crippen LogP contribution in [0.4, 0.5) is 5.13 Å². The first kappa shape index (κ1) is 12.4.